The minimum atomic E-state index is -0.839. The Balaban J connectivity index is 1.43. The average Bonchev–Trinajstić information content (AvgIpc) is 2.78. The summed E-state index contributed by atoms with van der Waals surface area (Å²) >= 11 is 0. The van der Waals surface area contributed by atoms with Crippen molar-refractivity contribution in [2.75, 3.05) is 0 Å². The molecule has 0 spiro atoms. The molecule has 6 heteroatoms. The molecule has 0 saturated carbocycles. The molecule has 1 heterocycles. The Morgan fingerprint density at radius 1 is 0.800 bits per heavy atom. The second kappa shape index (κ2) is 8.45. The van der Waals surface area contributed by atoms with E-state index in [4.69, 9.17) is 13.9 Å². The Morgan fingerprint density at radius 2 is 1.50 bits per heavy atom. The summed E-state index contributed by atoms with van der Waals surface area (Å²) in [4.78, 5) is 36.6. The molecule has 0 saturated heterocycles. The molecule has 0 N–H and O–H groups in total. The van der Waals surface area contributed by atoms with Crippen molar-refractivity contribution in [1.82, 2.24) is 0 Å². The summed E-state index contributed by atoms with van der Waals surface area (Å²) in [6.45, 7) is 0.161. The van der Waals surface area contributed by atoms with Crippen molar-refractivity contribution in [3.63, 3.8) is 0 Å². The molecule has 4 rings (SSSR count). The molecule has 30 heavy (non-hydrogen) atoms. The van der Waals surface area contributed by atoms with Crippen LogP contribution in [-0.2, 0) is 11.3 Å². The first-order valence-corrected chi connectivity index (χ1v) is 9.16. The van der Waals surface area contributed by atoms with E-state index in [1.54, 1.807) is 24.3 Å². The zero-order valence-corrected chi connectivity index (χ0v) is 15.7. The molecule has 0 aliphatic heterocycles. The first kappa shape index (κ1) is 19.1. The number of fused-ring (bicyclic) bond motifs is 1. The van der Waals surface area contributed by atoms with Crippen LogP contribution >= 0.6 is 0 Å². The summed E-state index contributed by atoms with van der Waals surface area (Å²) < 4.78 is 15.7. The van der Waals surface area contributed by atoms with Gasteiger partial charge >= 0.3 is 17.6 Å². The number of para-hydroxylation sites is 1. The number of benzene rings is 3. The molecule has 0 bridgehead atoms. The SMILES string of the molecule is O=C(OCc1ccccc1)c1ccc(OC(=O)c2cc3ccccc3oc2=O)cc1. The maximum Gasteiger partial charge on any atom is 0.351 e. The summed E-state index contributed by atoms with van der Waals surface area (Å²) in [5.74, 6) is -1.15. The van der Waals surface area contributed by atoms with Gasteiger partial charge in [0, 0.05) is 5.39 Å². The van der Waals surface area contributed by atoms with E-state index in [-0.39, 0.29) is 17.9 Å². The highest BCUT2D eigenvalue weighted by Crippen LogP contribution is 2.17. The highest BCUT2D eigenvalue weighted by atomic mass is 16.5. The van der Waals surface area contributed by atoms with E-state index >= 15 is 0 Å². The number of esters is 2. The lowest BCUT2D eigenvalue weighted by atomic mass is 10.2. The van der Waals surface area contributed by atoms with Crippen molar-refractivity contribution in [1.29, 1.82) is 0 Å². The van der Waals surface area contributed by atoms with Crippen LogP contribution in [0.4, 0.5) is 0 Å². The molecular formula is C24H16O6. The van der Waals surface area contributed by atoms with Gasteiger partial charge in [-0.15, -0.1) is 0 Å². The molecule has 0 aliphatic carbocycles. The highest BCUT2D eigenvalue weighted by Gasteiger charge is 2.16. The zero-order valence-electron chi connectivity index (χ0n) is 15.7. The summed E-state index contributed by atoms with van der Waals surface area (Å²) in [6, 6.07) is 23.5. The second-order valence-corrected chi connectivity index (χ2v) is 6.46. The molecule has 1 aromatic heterocycles. The molecule has 4 aromatic rings. The molecule has 148 valence electrons. The smallest absolute Gasteiger partial charge is 0.351 e. The lowest BCUT2D eigenvalue weighted by Gasteiger charge is -2.07. The largest absolute Gasteiger partial charge is 0.457 e. The van der Waals surface area contributed by atoms with Gasteiger partial charge in [-0.05, 0) is 42.0 Å². The van der Waals surface area contributed by atoms with Crippen LogP contribution in [0.1, 0.15) is 26.3 Å². The first-order valence-electron chi connectivity index (χ1n) is 9.16. The monoisotopic (exact) mass is 400 g/mol. The van der Waals surface area contributed by atoms with E-state index in [1.165, 1.54) is 30.3 Å². The lowest BCUT2D eigenvalue weighted by Crippen LogP contribution is -2.18. The summed E-state index contributed by atoms with van der Waals surface area (Å²) in [5, 5.41) is 0.612. The van der Waals surface area contributed by atoms with E-state index < -0.39 is 17.6 Å². The van der Waals surface area contributed by atoms with Gasteiger partial charge in [0.1, 0.15) is 23.5 Å². The van der Waals surface area contributed by atoms with Crippen molar-refractivity contribution in [3.05, 3.63) is 112 Å². The van der Waals surface area contributed by atoms with Crippen molar-refractivity contribution >= 4 is 22.9 Å². The number of rotatable bonds is 5. The number of ether oxygens (including phenoxy) is 2. The fraction of sp³-hybridized carbons (Fsp3) is 0.0417. The Labute approximate surface area is 171 Å². The van der Waals surface area contributed by atoms with Crippen molar-refractivity contribution in [2.24, 2.45) is 0 Å². The maximum absolute atomic E-state index is 12.4. The molecule has 0 aliphatic rings. The molecule has 0 amide bonds. The van der Waals surface area contributed by atoms with Gasteiger partial charge in [0.25, 0.3) is 0 Å². The fourth-order valence-corrected chi connectivity index (χ4v) is 2.83. The topological polar surface area (TPSA) is 82.8 Å². The molecular weight excluding hydrogens is 384 g/mol. The van der Waals surface area contributed by atoms with E-state index in [0.29, 0.717) is 16.5 Å². The third-order valence-corrected chi connectivity index (χ3v) is 4.37. The van der Waals surface area contributed by atoms with E-state index in [9.17, 15) is 14.4 Å². The third kappa shape index (κ3) is 4.28. The second-order valence-electron chi connectivity index (χ2n) is 6.46. The number of carbonyl (C=O) groups is 2. The maximum atomic E-state index is 12.4. The van der Waals surface area contributed by atoms with Gasteiger partial charge in [-0.3, -0.25) is 0 Å². The Kier molecular flexibility index (Phi) is 5.39. The van der Waals surface area contributed by atoms with Crippen LogP contribution in [0.3, 0.4) is 0 Å². The summed E-state index contributed by atoms with van der Waals surface area (Å²) in [7, 11) is 0. The van der Waals surface area contributed by atoms with Crippen LogP contribution in [0, 0.1) is 0 Å². The van der Waals surface area contributed by atoms with Gasteiger partial charge in [-0.2, -0.15) is 0 Å². The van der Waals surface area contributed by atoms with Crippen molar-refractivity contribution in [2.45, 2.75) is 6.61 Å². The van der Waals surface area contributed by atoms with E-state index in [1.807, 2.05) is 30.3 Å². The Bertz CT molecular complexity index is 1260. The molecule has 3 aromatic carbocycles. The average molecular weight is 400 g/mol. The number of hydrogen-bond acceptors (Lipinski definition) is 6. The van der Waals surface area contributed by atoms with Crippen LogP contribution in [0.5, 0.6) is 5.75 Å². The van der Waals surface area contributed by atoms with Gasteiger partial charge in [0.15, 0.2) is 0 Å². The number of carbonyl (C=O) groups excluding carboxylic acids is 2. The third-order valence-electron chi connectivity index (χ3n) is 4.37. The lowest BCUT2D eigenvalue weighted by molar-refractivity contribution is 0.0472. The van der Waals surface area contributed by atoms with E-state index in [0.717, 1.165) is 5.56 Å². The minimum absolute atomic E-state index is 0.161. The Hall–Kier alpha value is -4.19. The fourth-order valence-electron chi connectivity index (χ4n) is 2.83. The molecule has 0 unspecified atom stereocenters. The standard InChI is InChI=1S/C24H16O6/c25-22(28-15-16-6-2-1-3-7-16)17-10-12-19(13-11-17)29-23(26)20-14-18-8-4-5-9-21(18)30-24(20)27/h1-14H,15H2. The molecule has 0 radical (unpaired) electrons. The van der Waals surface area contributed by atoms with Gasteiger partial charge < -0.3 is 13.9 Å². The Morgan fingerprint density at radius 3 is 2.27 bits per heavy atom. The summed E-state index contributed by atoms with van der Waals surface area (Å²) in [5.41, 5.74) is 0.596. The molecule has 0 fully saturated rings. The zero-order chi connectivity index (χ0) is 20.9. The van der Waals surface area contributed by atoms with Crippen molar-refractivity contribution < 1.29 is 23.5 Å². The predicted molar refractivity (Wildman–Crippen MR) is 109 cm³/mol. The van der Waals surface area contributed by atoms with Gasteiger partial charge in [-0.25, -0.2) is 14.4 Å². The highest BCUT2D eigenvalue weighted by molar-refractivity contribution is 5.94. The van der Waals surface area contributed by atoms with Crippen LogP contribution < -0.4 is 10.4 Å². The summed E-state index contributed by atoms with van der Waals surface area (Å²) in [6.07, 6.45) is 0. The van der Waals surface area contributed by atoms with Crippen LogP contribution in [0.2, 0.25) is 0 Å². The first-order chi connectivity index (χ1) is 14.6. The van der Waals surface area contributed by atoms with Crippen LogP contribution in [-0.4, -0.2) is 11.9 Å². The van der Waals surface area contributed by atoms with Gasteiger partial charge in [0.2, 0.25) is 0 Å². The molecule has 6 nitrogen and oxygen atoms in total. The van der Waals surface area contributed by atoms with Crippen molar-refractivity contribution in [3.8, 4) is 5.75 Å². The minimum Gasteiger partial charge on any atom is -0.457 e. The van der Waals surface area contributed by atoms with Gasteiger partial charge in [-0.1, -0.05) is 48.5 Å². The predicted octanol–water partition coefficient (Wildman–Crippen LogP) is 4.37. The van der Waals surface area contributed by atoms with E-state index in [2.05, 4.69) is 0 Å². The van der Waals surface area contributed by atoms with Crippen LogP contribution in [0.25, 0.3) is 11.0 Å². The molecule has 0 atom stereocenters. The quantitative estimate of drug-likeness (QED) is 0.281. The number of hydrogen-bond donors (Lipinski definition) is 0. The van der Waals surface area contributed by atoms with Crippen LogP contribution in [0.15, 0.2) is 94.1 Å². The normalized spacial score (nSPS) is 10.5. The van der Waals surface area contributed by atoms with Gasteiger partial charge in [0.05, 0.1) is 5.56 Å².